The highest BCUT2D eigenvalue weighted by Crippen LogP contribution is 2.28. The Labute approximate surface area is 85.3 Å². The molecule has 0 aromatic carbocycles. The molecule has 2 aromatic rings. The molecule has 0 bridgehead atoms. The second kappa shape index (κ2) is 2.98. The number of hydrogen-bond donors (Lipinski definition) is 2. The third-order valence-electron chi connectivity index (χ3n) is 2.25. The molecule has 0 spiro atoms. The Hall–Kier alpha value is -1.56. The minimum absolute atomic E-state index is 0.225. The monoisotopic (exact) mass is 209 g/mol. The van der Waals surface area contributed by atoms with E-state index in [4.69, 9.17) is 11.6 Å². The van der Waals surface area contributed by atoms with E-state index in [0.29, 0.717) is 5.82 Å². The molecular weight excluding hydrogens is 198 g/mol. The van der Waals surface area contributed by atoms with Gasteiger partial charge in [-0.15, -0.1) is 21.5 Å². The minimum atomic E-state index is 0.225. The molecule has 0 amide bonds. The molecule has 2 heterocycles. The van der Waals surface area contributed by atoms with Crippen LogP contribution in [0.25, 0.3) is 11.4 Å². The number of anilines is 1. The van der Waals surface area contributed by atoms with Gasteiger partial charge in [0.1, 0.15) is 0 Å². The fourth-order valence-electron chi connectivity index (χ4n) is 1.22. The zero-order chi connectivity index (χ0) is 10.3. The first kappa shape index (κ1) is 9.01. The molecule has 0 radical (unpaired) electrons. The van der Waals surface area contributed by atoms with Crippen LogP contribution < -0.4 is 11.6 Å². The molecule has 14 heavy (non-hydrogen) atoms. The maximum Gasteiger partial charge on any atom is 0.241 e. The second-order valence-corrected chi connectivity index (χ2v) is 4.17. The first-order chi connectivity index (χ1) is 6.61. The summed E-state index contributed by atoms with van der Waals surface area (Å²) in [6.07, 6.45) is 0. The standard InChI is InChI=1S/C8H11N5S/c1-4-5(2)14-3-6(4)7-11-12-8(9)13(7)10/h3H,10H2,1-2H3,(H2,9,12). The fraction of sp³-hybridized carbons (Fsp3) is 0.250. The molecule has 0 unspecified atom stereocenters. The van der Waals surface area contributed by atoms with Crippen molar-refractivity contribution in [2.75, 3.05) is 11.6 Å². The Balaban J connectivity index is 2.60. The lowest BCUT2D eigenvalue weighted by molar-refractivity contribution is 1.02. The topological polar surface area (TPSA) is 82.8 Å². The molecule has 0 fully saturated rings. The van der Waals surface area contributed by atoms with Gasteiger partial charge in [-0.25, -0.2) is 4.68 Å². The van der Waals surface area contributed by atoms with Gasteiger partial charge in [-0.2, -0.15) is 0 Å². The van der Waals surface area contributed by atoms with E-state index in [9.17, 15) is 0 Å². The van der Waals surface area contributed by atoms with Crippen LogP contribution in [-0.2, 0) is 0 Å². The molecule has 0 atom stereocenters. The van der Waals surface area contributed by atoms with Gasteiger partial charge in [0.15, 0.2) is 5.82 Å². The van der Waals surface area contributed by atoms with Gasteiger partial charge < -0.3 is 11.6 Å². The van der Waals surface area contributed by atoms with Crippen LogP contribution in [-0.4, -0.2) is 14.9 Å². The fourth-order valence-corrected chi connectivity index (χ4v) is 2.08. The van der Waals surface area contributed by atoms with Gasteiger partial charge in [-0.3, -0.25) is 0 Å². The summed E-state index contributed by atoms with van der Waals surface area (Å²) in [5, 5.41) is 9.65. The van der Waals surface area contributed by atoms with Gasteiger partial charge >= 0.3 is 0 Å². The summed E-state index contributed by atoms with van der Waals surface area (Å²) < 4.78 is 1.30. The van der Waals surface area contributed by atoms with Crippen LogP contribution in [0.4, 0.5) is 5.95 Å². The molecule has 0 saturated heterocycles. The third-order valence-corrected chi connectivity index (χ3v) is 3.26. The van der Waals surface area contributed by atoms with E-state index < -0.39 is 0 Å². The van der Waals surface area contributed by atoms with Crippen molar-refractivity contribution in [3.8, 4) is 11.4 Å². The third kappa shape index (κ3) is 1.15. The molecule has 2 rings (SSSR count). The molecule has 0 aliphatic rings. The summed E-state index contributed by atoms with van der Waals surface area (Å²) in [6, 6.07) is 0. The summed E-state index contributed by atoms with van der Waals surface area (Å²) in [6.45, 7) is 4.09. The van der Waals surface area contributed by atoms with Crippen LogP contribution in [0.1, 0.15) is 10.4 Å². The first-order valence-electron chi connectivity index (χ1n) is 4.12. The van der Waals surface area contributed by atoms with Crippen LogP contribution in [0.3, 0.4) is 0 Å². The summed E-state index contributed by atoms with van der Waals surface area (Å²) in [5.41, 5.74) is 7.68. The predicted octanol–water partition coefficient (Wildman–Crippen LogP) is 0.919. The maximum atomic E-state index is 5.68. The normalized spacial score (nSPS) is 10.7. The minimum Gasteiger partial charge on any atom is -0.366 e. The van der Waals surface area contributed by atoms with Crippen molar-refractivity contribution in [1.29, 1.82) is 0 Å². The smallest absolute Gasteiger partial charge is 0.241 e. The number of thiophene rings is 1. The van der Waals surface area contributed by atoms with E-state index in [-0.39, 0.29) is 5.95 Å². The Morgan fingerprint density at radius 1 is 1.36 bits per heavy atom. The van der Waals surface area contributed by atoms with Crippen molar-refractivity contribution in [1.82, 2.24) is 14.9 Å². The van der Waals surface area contributed by atoms with Gasteiger partial charge in [-0.1, -0.05) is 0 Å². The summed E-state index contributed by atoms with van der Waals surface area (Å²) >= 11 is 1.67. The number of nitrogens with zero attached hydrogens (tertiary/aromatic N) is 3. The van der Waals surface area contributed by atoms with Crippen molar-refractivity contribution in [2.24, 2.45) is 0 Å². The summed E-state index contributed by atoms with van der Waals surface area (Å²) in [4.78, 5) is 1.25. The van der Waals surface area contributed by atoms with Crippen LogP contribution >= 0.6 is 11.3 Å². The highest BCUT2D eigenvalue weighted by molar-refractivity contribution is 7.10. The van der Waals surface area contributed by atoms with E-state index >= 15 is 0 Å². The van der Waals surface area contributed by atoms with Crippen LogP contribution in [0.2, 0.25) is 0 Å². The number of hydrogen-bond acceptors (Lipinski definition) is 5. The molecule has 2 aromatic heterocycles. The van der Waals surface area contributed by atoms with Crippen molar-refractivity contribution >= 4 is 17.3 Å². The van der Waals surface area contributed by atoms with Gasteiger partial charge in [0.05, 0.1) is 0 Å². The lowest BCUT2D eigenvalue weighted by Crippen LogP contribution is -2.13. The van der Waals surface area contributed by atoms with Gasteiger partial charge in [0.2, 0.25) is 5.95 Å². The molecule has 4 N–H and O–H groups in total. The Kier molecular flexibility index (Phi) is 1.92. The van der Waals surface area contributed by atoms with Crippen LogP contribution in [0.15, 0.2) is 5.38 Å². The number of rotatable bonds is 1. The van der Waals surface area contributed by atoms with E-state index in [2.05, 4.69) is 17.1 Å². The Morgan fingerprint density at radius 3 is 2.50 bits per heavy atom. The molecule has 6 heteroatoms. The van der Waals surface area contributed by atoms with Gasteiger partial charge in [-0.05, 0) is 19.4 Å². The molecule has 0 aliphatic carbocycles. The van der Waals surface area contributed by atoms with E-state index in [1.807, 2.05) is 12.3 Å². The van der Waals surface area contributed by atoms with Crippen molar-refractivity contribution in [3.63, 3.8) is 0 Å². The van der Waals surface area contributed by atoms with E-state index in [0.717, 1.165) is 5.56 Å². The zero-order valence-corrected chi connectivity index (χ0v) is 8.80. The largest absolute Gasteiger partial charge is 0.366 e. The number of nitrogens with two attached hydrogens (primary N) is 2. The average Bonchev–Trinajstić information content (AvgIpc) is 2.63. The average molecular weight is 209 g/mol. The van der Waals surface area contributed by atoms with Crippen LogP contribution in [0, 0.1) is 13.8 Å². The first-order valence-corrected chi connectivity index (χ1v) is 5.00. The highest BCUT2D eigenvalue weighted by Gasteiger charge is 2.13. The molecule has 5 nitrogen and oxygen atoms in total. The SMILES string of the molecule is Cc1scc(-c2nnc(N)n2N)c1C. The quantitative estimate of drug-likeness (QED) is 0.684. The van der Waals surface area contributed by atoms with Crippen molar-refractivity contribution in [3.05, 3.63) is 15.8 Å². The van der Waals surface area contributed by atoms with Crippen molar-refractivity contribution in [2.45, 2.75) is 13.8 Å². The molecule has 0 saturated carbocycles. The molecule has 74 valence electrons. The summed E-state index contributed by atoms with van der Waals surface area (Å²) in [7, 11) is 0. The lowest BCUT2D eigenvalue weighted by atomic mass is 10.2. The lowest BCUT2D eigenvalue weighted by Gasteiger charge is -2.00. The summed E-state index contributed by atoms with van der Waals surface area (Å²) in [5.74, 6) is 6.52. The number of aromatic nitrogens is 3. The Morgan fingerprint density at radius 2 is 2.07 bits per heavy atom. The maximum absolute atomic E-state index is 5.68. The highest BCUT2D eigenvalue weighted by atomic mass is 32.1. The number of aryl methyl sites for hydroxylation is 1. The van der Waals surface area contributed by atoms with E-state index in [1.165, 1.54) is 15.1 Å². The van der Waals surface area contributed by atoms with Gasteiger partial charge in [0, 0.05) is 15.8 Å². The number of nitrogen functional groups attached to an aromatic ring is 2. The Bertz CT molecular complexity index is 426. The second-order valence-electron chi connectivity index (χ2n) is 3.08. The van der Waals surface area contributed by atoms with Crippen LogP contribution in [0.5, 0.6) is 0 Å². The molecular formula is C8H11N5S. The van der Waals surface area contributed by atoms with Gasteiger partial charge in [0.25, 0.3) is 0 Å². The van der Waals surface area contributed by atoms with E-state index in [1.54, 1.807) is 11.3 Å². The zero-order valence-electron chi connectivity index (χ0n) is 7.98. The molecule has 0 aliphatic heterocycles. The van der Waals surface area contributed by atoms with Crippen molar-refractivity contribution < 1.29 is 0 Å². The predicted molar refractivity (Wildman–Crippen MR) is 57.4 cm³/mol.